The van der Waals surface area contributed by atoms with Crippen molar-refractivity contribution < 1.29 is 8.42 Å². The van der Waals surface area contributed by atoms with Gasteiger partial charge in [0, 0.05) is 25.8 Å². The fourth-order valence-corrected chi connectivity index (χ4v) is 3.70. The number of nitrogens with one attached hydrogen (secondary N) is 1. The molecule has 0 amide bonds. The lowest BCUT2D eigenvalue weighted by Crippen LogP contribution is -2.33. The molecule has 0 radical (unpaired) electrons. The van der Waals surface area contributed by atoms with Crippen molar-refractivity contribution in [2.45, 2.75) is 38.6 Å². The highest BCUT2D eigenvalue weighted by molar-refractivity contribution is 7.89. The van der Waals surface area contributed by atoms with Crippen LogP contribution in [0.5, 0.6) is 0 Å². The molecule has 0 unspecified atom stereocenters. The van der Waals surface area contributed by atoms with E-state index >= 15 is 0 Å². The number of hydrogen-bond donors (Lipinski definition) is 1. The molecular weight excluding hydrogens is 248 g/mol. The maximum absolute atomic E-state index is 12.5. The molecule has 0 bridgehead atoms. The van der Waals surface area contributed by atoms with E-state index in [2.05, 4.69) is 5.32 Å². The van der Waals surface area contributed by atoms with Crippen molar-refractivity contribution in [2.75, 3.05) is 19.4 Å². The fraction of sp³-hybridized carbons (Fsp3) is 0.538. The van der Waals surface area contributed by atoms with E-state index in [9.17, 15) is 8.42 Å². The molecule has 0 fully saturated rings. The smallest absolute Gasteiger partial charge is 0.243 e. The molecule has 1 rings (SSSR count). The van der Waals surface area contributed by atoms with Crippen LogP contribution >= 0.6 is 0 Å². The highest BCUT2D eigenvalue weighted by Gasteiger charge is 2.26. The Labute approximate surface area is 110 Å². The van der Waals surface area contributed by atoms with Crippen molar-refractivity contribution in [1.82, 2.24) is 4.31 Å². The van der Waals surface area contributed by atoms with Gasteiger partial charge in [-0.3, -0.25) is 0 Å². The average molecular weight is 270 g/mol. The molecule has 0 spiro atoms. The lowest BCUT2D eigenvalue weighted by molar-refractivity contribution is 0.410. The molecule has 0 saturated heterocycles. The van der Waals surface area contributed by atoms with Crippen LogP contribution in [0, 0.1) is 13.8 Å². The Morgan fingerprint density at radius 2 is 1.61 bits per heavy atom. The summed E-state index contributed by atoms with van der Waals surface area (Å²) in [5.74, 6) is 0. The van der Waals surface area contributed by atoms with Gasteiger partial charge in [-0.05, 0) is 51.0 Å². The summed E-state index contributed by atoms with van der Waals surface area (Å²) in [5, 5.41) is 3.03. The van der Waals surface area contributed by atoms with Crippen molar-refractivity contribution in [1.29, 1.82) is 0 Å². The van der Waals surface area contributed by atoms with Gasteiger partial charge in [0.15, 0.2) is 0 Å². The monoisotopic (exact) mass is 270 g/mol. The molecular formula is C13H22N2O2S. The predicted molar refractivity (Wildman–Crippen MR) is 75.5 cm³/mol. The quantitative estimate of drug-likeness (QED) is 0.914. The fourth-order valence-electron chi connectivity index (χ4n) is 1.92. The second kappa shape index (κ2) is 5.28. The summed E-state index contributed by atoms with van der Waals surface area (Å²) < 4.78 is 26.4. The summed E-state index contributed by atoms with van der Waals surface area (Å²) in [6.45, 7) is 7.39. The molecule has 5 heteroatoms. The van der Waals surface area contributed by atoms with E-state index in [0.717, 1.165) is 16.8 Å². The Kier molecular flexibility index (Phi) is 4.40. The van der Waals surface area contributed by atoms with E-state index in [1.807, 2.05) is 46.9 Å². The van der Waals surface area contributed by atoms with Crippen molar-refractivity contribution in [3.63, 3.8) is 0 Å². The minimum Gasteiger partial charge on any atom is -0.388 e. The van der Waals surface area contributed by atoms with Crippen LogP contribution in [0.3, 0.4) is 0 Å². The Morgan fingerprint density at radius 3 is 1.94 bits per heavy atom. The first kappa shape index (κ1) is 15.0. The van der Waals surface area contributed by atoms with E-state index in [1.54, 1.807) is 7.05 Å². The van der Waals surface area contributed by atoms with E-state index in [0.29, 0.717) is 4.90 Å². The van der Waals surface area contributed by atoms with Gasteiger partial charge in [0.2, 0.25) is 10.0 Å². The SMILES string of the molecule is CNc1cc(C)c(S(=O)(=O)N(C)C(C)C)c(C)c1. The molecule has 0 aliphatic heterocycles. The topological polar surface area (TPSA) is 49.4 Å². The summed E-state index contributed by atoms with van der Waals surface area (Å²) in [7, 11) is 0.0190. The zero-order valence-corrected chi connectivity index (χ0v) is 12.7. The molecule has 1 aromatic rings. The van der Waals surface area contributed by atoms with Gasteiger partial charge in [-0.25, -0.2) is 8.42 Å². The van der Waals surface area contributed by atoms with Crippen LogP contribution in [-0.2, 0) is 10.0 Å². The van der Waals surface area contributed by atoms with Crippen molar-refractivity contribution >= 4 is 15.7 Å². The minimum atomic E-state index is -3.42. The Bertz CT molecular complexity index is 513. The van der Waals surface area contributed by atoms with Crippen LogP contribution in [-0.4, -0.2) is 32.9 Å². The van der Waals surface area contributed by atoms with Gasteiger partial charge in [0.25, 0.3) is 0 Å². The standard InChI is InChI=1S/C13H22N2O2S/c1-9(2)15(6)18(16,17)13-10(3)7-12(14-5)8-11(13)4/h7-9,14H,1-6H3. The largest absolute Gasteiger partial charge is 0.388 e. The molecule has 0 saturated carbocycles. The summed E-state index contributed by atoms with van der Waals surface area (Å²) >= 11 is 0. The molecule has 0 heterocycles. The summed E-state index contributed by atoms with van der Waals surface area (Å²) in [4.78, 5) is 0.415. The van der Waals surface area contributed by atoms with Crippen molar-refractivity contribution in [2.24, 2.45) is 0 Å². The molecule has 1 N–H and O–H groups in total. The summed E-state index contributed by atoms with van der Waals surface area (Å²) in [5.41, 5.74) is 2.47. The first-order valence-corrected chi connectivity index (χ1v) is 7.42. The zero-order valence-electron chi connectivity index (χ0n) is 11.9. The molecule has 18 heavy (non-hydrogen) atoms. The number of hydrogen-bond acceptors (Lipinski definition) is 3. The average Bonchev–Trinajstić information content (AvgIpc) is 2.26. The molecule has 0 atom stereocenters. The number of benzene rings is 1. The second-order valence-electron chi connectivity index (χ2n) is 4.80. The first-order chi connectivity index (χ1) is 8.21. The predicted octanol–water partition coefficient (Wildman–Crippen LogP) is 2.37. The Hall–Kier alpha value is -1.07. The molecule has 102 valence electrons. The molecule has 0 aliphatic rings. The van der Waals surface area contributed by atoms with Crippen LogP contribution in [0.1, 0.15) is 25.0 Å². The molecule has 0 aliphatic carbocycles. The maximum atomic E-state index is 12.5. The van der Waals surface area contributed by atoms with Crippen LogP contribution in [0.4, 0.5) is 5.69 Å². The normalized spacial score (nSPS) is 12.2. The molecule has 0 aromatic heterocycles. The zero-order chi connectivity index (χ0) is 14.1. The number of nitrogens with zero attached hydrogens (tertiary/aromatic N) is 1. The molecule has 4 nitrogen and oxygen atoms in total. The van der Waals surface area contributed by atoms with Crippen LogP contribution in [0.25, 0.3) is 0 Å². The number of sulfonamides is 1. The lowest BCUT2D eigenvalue weighted by atomic mass is 10.1. The summed E-state index contributed by atoms with van der Waals surface area (Å²) in [6.07, 6.45) is 0. The second-order valence-corrected chi connectivity index (χ2v) is 6.74. The first-order valence-electron chi connectivity index (χ1n) is 5.98. The lowest BCUT2D eigenvalue weighted by Gasteiger charge is -2.23. The van der Waals surface area contributed by atoms with E-state index in [1.165, 1.54) is 4.31 Å². The van der Waals surface area contributed by atoms with Gasteiger partial charge in [0.1, 0.15) is 0 Å². The maximum Gasteiger partial charge on any atom is 0.243 e. The van der Waals surface area contributed by atoms with Gasteiger partial charge >= 0.3 is 0 Å². The number of aryl methyl sites for hydroxylation is 2. The van der Waals surface area contributed by atoms with Gasteiger partial charge in [0.05, 0.1) is 4.90 Å². The van der Waals surface area contributed by atoms with Gasteiger partial charge in [-0.2, -0.15) is 4.31 Å². The molecule has 1 aromatic carbocycles. The van der Waals surface area contributed by atoms with E-state index in [4.69, 9.17) is 0 Å². The summed E-state index contributed by atoms with van der Waals surface area (Å²) in [6, 6.07) is 3.65. The highest BCUT2D eigenvalue weighted by Crippen LogP contribution is 2.27. The van der Waals surface area contributed by atoms with Crippen molar-refractivity contribution in [3.05, 3.63) is 23.3 Å². The van der Waals surface area contributed by atoms with Crippen molar-refractivity contribution in [3.8, 4) is 0 Å². The Balaban J connectivity index is 3.43. The Morgan fingerprint density at radius 1 is 1.17 bits per heavy atom. The van der Waals surface area contributed by atoms with Crippen LogP contribution in [0.15, 0.2) is 17.0 Å². The van der Waals surface area contributed by atoms with E-state index in [-0.39, 0.29) is 6.04 Å². The minimum absolute atomic E-state index is 0.0576. The number of rotatable bonds is 4. The van der Waals surface area contributed by atoms with Gasteiger partial charge in [-0.1, -0.05) is 0 Å². The van der Waals surface area contributed by atoms with Crippen LogP contribution < -0.4 is 5.32 Å². The van der Waals surface area contributed by atoms with E-state index < -0.39 is 10.0 Å². The number of anilines is 1. The van der Waals surface area contributed by atoms with Gasteiger partial charge < -0.3 is 5.32 Å². The third-order valence-corrected chi connectivity index (χ3v) is 5.45. The van der Waals surface area contributed by atoms with Crippen LogP contribution in [0.2, 0.25) is 0 Å². The van der Waals surface area contributed by atoms with Gasteiger partial charge in [-0.15, -0.1) is 0 Å². The third kappa shape index (κ3) is 2.67. The highest BCUT2D eigenvalue weighted by atomic mass is 32.2. The third-order valence-electron chi connectivity index (χ3n) is 3.11.